The van der Waals surface area contributed by atoms with Gasteiger partial charge in [-0.2, -0.15) is 0 Å². The van der Waals surface area contributed by atoms with Gasteiger partial charge < -0.3 is 19.5 Å². The lowest BCUT2D eigenvalue weighted by molar-refractivity contribution is -0.263. The fraction of sp³-hybridized carbons (Fsp3) is 0.341. The van der Waals surface area contributed by atoms with Gasteiger partial charge in [0.1, 0.15) is 4.90 Å². The number of rotatable bonds is 10. The number of hydrogen-bond donors (Lipinski definition) is 2. The van der Waals surface area contributed by atoms with E-state index in [0.717, 1.165) is 47.3 Å². The minimum absolute atomic E-state index is 0.0153. The lowest BCUT2D eigenvalue weighted by atomic mass is 9.83. The molecule has 3 heterocycles. The van der Waals surface area contributed by atoms with Crippen molar-refractivity contribution in [3.05, 3.63) is 143 Å². The van der Waals surface area contributed by atoms with Gasteiger partial charge in [0.2, 0.25) is 10.0 Å². The molecular weight excluding hydrogens is 647 g/mol. The van der Waals surface area contributed by atoms with Crippen molar-refractivity contribution < 1.29 is 23.0 Å². The van der Waals surface area contributed by atoms with Gasteiger partial charge in [-0.25, -0.2) is 13.1 Å². The van der Waals surface area contributed by atoms with Gasteiger partial charge in [0.25, 0.3) is 0 Å². The molecule has 9 heteroatoms. The normalized spacial score (nSPS) is 22.2. The van der Waals surface area contributed by atoms with Gasteiger partial charge in [0, 0.05) is 36.2 Å². The molecule has 4 atom stereocenters. The molecule has 0 spiro atoms. The number of nitrogens with one attached hydrogen (secondary N) is 1. The van der Waals surface area contributed by atoms with Crippen LogP contribution in [0, 0.1) is 0 Å². The molecule has 0 saturated carbocycles. The molecule has 50 heavy (non-hydrogen) atoms. The highest BCUT2D eigenvalue weighted by Gasteiger charge is 2.42. The molecule has 7 rings (SSSR count). The number of fused-ring (bicyclic) bond motifs is 1. The van der Waals surface area contributed by atoms with E-state index in [9.17, 15) is 13.5 Å². The van der Waals surface area contributed by atoms with Gasteiger partial charge in [0.15, 0.2) is 6.29 Å². The van der Waals surface area contributed by atoms with Crippen molar-refractivity contribution in [1.82, 2.24) is 14.6 Å². The molecule has 0 amide bonds. The monoisotopic (exact) mass is 691 g/mol. The number of aliphatic hydroxyl groups is 1. The number of benzene rings is 4. The molecule has 5 aromatic rings. The van der Waals surface area contributed by atoms with Gasteiger partial charge in [-0.05, 0) is 60.3 Å². The van der Waals surface area contributed by atoms with Crippen LogP contribution in [0.1, 0.15) is 78.2 Å². The van der Waals surface area contributed by atoms with Crippen LogP contribution in [0.15, 0.2) is 120 Å². The average molecular weight is 692 g/mol. The summed E-state index contributed by atoms with van der Waals surface area (Å²) in [6, 6.07) is 35.1. The maximum Gasteiger partial charge on any atom is 0.243 e. The van der Waals surface area contributed by atoms with Crippen molar-refractivity contribution in [3.63, 3.8) is 0 Å². The first-order valence-electron chi connectivity index (χ1n) is 17.7. The maximum absolute atomic E-state index is 13.3. The molecule has 4 aromatic carbocycles. The van der Waals surface area contributed by atoms with Crippen LogP contribution in [-0.2, 0) is 32.6 Å². The number of hydrogen-bond acceptors (Lipinski definition) is 7. The number of para-hydroxylation sites is 1. The highest BCUT2D eigenvalue weighted by molar-refractivity contribution is 7.89. The summed E-state index contributed by atoms with van der Waals surface area (Å²) in [5.41, 5.74) is 5.20. The van der Waals surface area contributed by atoms with Crippen LogP contribution >= 0.6 is 0 Å². The molecule has 2 aliphatic heterocycles. The molecule has 0 radical (unpaired) electrons. The van der Waals surface area contributed by atoms with Gasteiger partial charge in [-0.3, -0.25) is 4.98 Å². The van der Waals surface area contributed by atoms with Crippen LogP contribution in [0.4, 0.5) is 0 Å². The topological polar surface area (TPSA) is 101 Å². The van der Waals surface area contributed by atoms with Crippen molar-refractivity contribution in [2.24, 2.45) is 0 Å². The van der Waals surface area contributed by atoms with E-state index in [1.807, 2.05) is 54.6 Å². The van der Waals surface area contributed by atoms with E-state index in [2.05, 4.69) is 51.0 Å². The summed E-state index contributed by atoms with van der Waals surface area (Å²) in [5.74, 6) is -0.0462. The van der Waals surface area contributed by atoms with Crippen LogP contribution in [0.2, 0.25) is 0 Å². The Morgan fingerprint density at radius 1 is 0.720 bits per heavy atom. The highest BCUT2D eigenvalue weighted by atomic mass is 32.2. The third kappa shape index (κ3) is 7.99. The van der Waals surface area contributed by atoms with E-state index in [0.29, 0.717) is 5.52 Å². The summed E-state index contributed by atoms with van der Waals surface area (Å²) >= 11 is 0. The average Bonchev–Trinajstić information content (AvgIpc) is 3.15. The molecule has 2 aliphatic rings. The molecule has 8 nitrogen and oxygen atoms in total. The summed E-state index contributed by atoms with van der Waals surface area (Å²) in [6.07, 6.45) is 6.77. The molecule has 0 bridgehead atoms. The minimum Gasteiger partial charge on any atom is -0.392 e. The van der Waals surface area contributed by atoms with E-state index in [4.69, 9.17) is 9.47 Å². The molecule has 1 aromatic heterocycles. The van der Waals surface area contributed by atoms with Gasteiger partial charge in [-0.1, -0.05) is 116 Å². The molecule has 0 aliphatic carbocycles. The predicted molar refractivity (Wildman–Crippen MR) is 195 cm³/mol. The fourth-order valence-corrected chi connectivity index (χ4v) is 8.45. The van der Waals surface area contributed by atoms with Crippen LogP contribution in [0.25, 0.3) is 10.9 Å². The molecule has 2 fully saturated rings. The SMILES string of the molecule is O=S(=O)(NCc1ccc(C2OC(CN3CCCCCCC3)C(c3ccccc3)C(c3ccc(CO)cc3)O2)cc1)c1cccc2cccnc12. The third-order valence-electron chi connectivity index (χ3n) is 9.96. The van der Waals surface area contributed by atoms with E-state index in [1.54, 1.807) is 24.4 Å². The first-order valence-corrected chi connectivity index (χ1v) is 19.2. The maximum atomic E-state index is 13.3. The smallest absolute Gasteiger partial charge is 0.243 e. The Kier molecular flexibility index (Phi) is 11.0. The zero-order chi connectivity index (χ0) is 34.3. The quantitative estimate of drug-likeness (QED) is 0.157. The molecule has 2 N–H and O–H groups in total. The fourth-order valence-electron chi connectivity index (χ4n) is 7.26. The van der Waals surface area contributed by atoms with Crippen LogP contribution in [0.5, 0.6) is 0 Å². The Labute approximate surface area is 295 Å². The van der Waals surface area contributed by atoms with Crippen LogP contribution in [0.3, 0.4) is 0 Å². The van der Waals surface area contributed by atoms with Crippen molar-refractivity contribution in [2.75, 3.05) is 19.6 Å². The number of pyridine rings is 1. The Bertz CT molecular complexity index is 1940. The number of sulfonamides is 1. The number of likely N-dealkylation sites (tertiary alicyclic amines) is 1. The third-order valence-corrected chi connectivity index (χ3v) is 11.4. The molecule has 2 saturated heterocycles. The Balaban J connectivity index is 1.15. The van der Waals surface area contributed by atoms with Crippen molar-refractivity contribution in [3.8, 4) is 0 Å². The van der Waals surface area contributed by atoms with E-state index < -0.39 is 16.3 Å². The second-order valence-corrected chi connectivity index (χ2v) is 15.1. The van der Waals surface area contributed by atoms with E-state index in [1.165, 1.54) is 37.7 Å². The first-order chi connectivity index (χ1) is 24.5. The molecular formula is C41H45N3O5S. The van der Waals surface area contributed by atoms with Crippen molar-refractivity contribution in [1.29, 1.82) is 0 Å². The number of aromatic nitrogens is 1. The van der Waals surface area contributed by atoms with Crippen LogP contribution < -0.4 is 4.72 Å². The van der Waals surface area contributed by atoms with Crippen molar-refractivity contribution in [2.45, 2.75) is 74.6 Å². The first kappa shape index (κ1) is 34.5. The lowest BCUT2D eigenvalue weighted by Gasteiger charge is -2.44. The minimum atomic E-state index is -3.80. The van der Waals surface area contributed by atoms with Crippen LogP contribution in [-0.4, -0.2) is 49.1 Å². The summed E-state index contributed by atoms with van der Waals surface area (Å²) in [6.45, 7) is 3.03. The number of aliphatic hydroxyl groups excluding tert-OH is 1. The van der Waals surface area contributed by atoms with Gasteiger partial charge in [0.05, 0.1) is 24.3 Å². The Morgan fingerprint density at radius 3 is 2.14 bits per heavy atom. The number of nitrogens with zero attached hydrogens (tertiary/aromatic N) is 2. The standard InChI is InChI=1S/C41H45N3O5S/c45-29-31-18-20-34(21-19-31)40-38(32-11-5-4-6-12-32)36(28-44-25-7-2-1-3-8-26-44)48-41(49-40)35-22-16-30(17-23-35)27-43-50(46,47)37-15-9-13-33-14-10-24-42-39(33)37/h4-6,9-24,36,38,40-41,43,45H,1-3,7-8,25-29H2. The second-order valence-electron chi connectivity index (χ2n) is 13.4. The second kappa shape index (κ2) is 15.9. The zero-order valence-corrected chi connectivity index (χ0v) is 29.0. The largest absolute Gasteiger partial charge is 0.392 e. The van der Waals surface area contributed by atoms with Gasteiger partial charge >= 0.3 is 0 Å². The highest BCUT2D eigenvalue weighted by Crippen LogP contribution is 2.47. The summed E-state index contributed by atoms with van der Waals surface area (Å²) in [5, 5.41) is 10.5. The number of ether oxygens (including phenoxy) is 2. The van der Waals surface area contributed by atoms with E-state index >= 15 is 0 Å². The van der Waals surface area contributed by atoms with E-state index in [-0.39, 0.29) is 36.2 Å². The zero-order valence-electron chi connectivity index (χ0n) is 28.2. The Morgan fingerprint density at radius 2 is 1.40 bits per heavy atom. The van der Waals surface area contributed by atoms with Crippen molar-refractivity contribution >= 4 is 20.9 Å². The van der Waals surface area contributed by atoms with Gasteiger partial charge in [-0.15, -0.1) is 0 Å². The summed E-state index contributed by atoms with van der Waals surface area (Å²) in [7, 11) is -3.80. The molecule has 4 unspecified atom stereocenters. The predicted octanol–water partition coefficient (Wildman–Crippen LogP) is 7.41. The summed E-state index contributed by atoms with van der Waals surface area (Å²) < 4.78 is 43.2. The lowest BCUT2D eigenvalue weighted by Crippen LogP contribution is -2.45. The Hall–Kier alpha value is -3.96. The molecule has 260 valence electrons. The summed E-state index contributed by atoms with van der Waals surface area (Å²) in [4.78, 5) is 7.04.